The van der Waals surface area contributed by atoms with E-state index in [1.54, 1.807) is 29.2 Å². The van der Waals surface area contributed by atoms with Crippen molar-refractivity contribution in [3.05, 3.63) is 58.5 Å². The van der Waals surface area contributed by atoms with Crippen molar-refractivity contribution in [3.63, 3.8) is 0 Å². The third kappa shape index (κ3) is 7.07. The molecule has 0 unspecified atom stereocenters. The molecule has 4 rings (SSSR count). The number of carbonyl (C=O) groups is 3. The Morgan fingerprint density at radius 2 is 1.68 bits per heavy atom. The molecule has 0 N–H and O–H groups in total. The Morgan fingerprint density at radius 1 is 0.946 bits per heavy atom. The minimum atomic E-state index is -0.452. The molecule has 196 valence electrons. The molecule has 0 saturated carbocycles. The molecule has 0 atom stereocenters. The number of ether oxygens (including phenoxy) is 3. The molecule has 0 radical (unpaired) electrons. The molecule has 0 aliphatic carbocycles. The van der Waals surface area contributed by atoms with E-state index in [1.165, 1.54) is 5.56 Å². The summed E-state index contributed by atoms with van der Waals surface area (Å²) < 4.78 is 17.3. The number of hydrogen-bond acceptors (Lipinski definition) is 7. The first-order chi connectivity index (χ1) is 17.9. The normalized spacial score (nSPS) is 16.9. The van der Waals surface area contributed by atoms with Crippen LogP contribution in [0.4, 0.5) is 4.79 Å². The van der Waals surface area contributed by atoms with Gasteiger partial charge in [0.05, 0.1) is 11.5 Å². The summed E-state index contributed by atoms with van der Waals surface area (Å²) >= 11 is 0.843. The van der Waals surface area contributed by atoms with Gasteiger partial charge in [-0.2, -0.15) is 0 Å². The van der Waals surface area contributed by atoms with Gasteiger partial charge in [0, 0.05) is 13.1 Å². The van der Waals surface area contributed by atoms with Crippen molar-refractivity contribution in [2.45, 2.75) is 33.1 Å². The van der Waals surface area contributed by atoms with Gasteiger partial charge in [-0.25, -0.2) is 0 Å². The van der Waals surface area contributed by atoms with E-state index in [2.05, 4.69) is 0 Å². The van der Waals surface area contributed by atoms with Crippen LogP contribution in [0.15, 0.2) is 47.4 Å². The molecule has 8 nitrogen and oxygen atoms in total. The fourth-order valence-corrected chi connectivity index (χ4v) is 4.95. The molecule has 3 amide bonds. The summed E-state index contributed by atoms with van der Waals surface area (Å²) in [6, 6.07) is 13.2. The second kappa shape index (κ2) is 12.7. The molecule has 2 aliphatic heterocycles. The smallest absolute Gasteiger partial charge is 0.294 e. The molecule has 2 fully saturated rings. The van der Waals surface area contributed by atoms with E-state index in [4.69, 9.17) is 14.2 Å². The second-order valence-electron chi connectivity index (χ2n) is 8.86. The van der Waals surface area contributed by atoms with Crippen LogP contribution in [0, 0.1) is 6.92 Å². The largest absolute Gasteiger partial charge is 0.490 e. The number of benzene rings is 2. The molecule has 2 aromatic rings. The Morgan fingerprint density at radius 3 is 2.41 bits per heavy atom. The van der Waals surface area contributed by atoms with Crippen LogP contribution in [-0.2, 0) is 9.59 Å². The molecular weight excluding hydrogens is 492 g/mol. The van der Waals surface area contributed by atoms with Gasteiger partial charge in [-0.05, 0) is 80.8 Å². The topological polar surface area (TPSA) is 85.4 Å². The Labute approximate surface area is 221 Å². The first kappa shape index (κ1) is 26.6. The van der Waals surface area contributed by atoms with Gasteiger partial charge in [-0.15, -0.1) is 0 Å². The predicted octanol–water partition coefficient (Wildman–Crippen LogP) is 4.90. The maximum absolute atomic E-state index is 12.9. The van der Waals surface area contributed by atoms with Crippen molar-refractivity contribution in [2.75, 3.05) is 39.5 Å². The molecule has 2 aliphatic rings. The summed E-state index contributed by atoms with van der Waals surface area (Å²) in [6.07, 6.45) is 4.65. The standard InChI is InChI=1S/C28H32N2O6S/c1-3-34-24-17-21(9-12-23(24)36-16-15-35-22-10-7-20(2)8-11-22)18-25-27(32)30(28(33)37-25)19-26(31)29-13-5-4-6-14-29/h7-12,17-18H,3-6,13-16,19H2,1-2H3/b25-18-. The molecule has 0 spiro atoms. The van der Waals surface area contributed by atoms with E-state index in [0.29, 0.717) is 50.0 Å². The van der Waals surface area contributed by atoms with Gasteiger partial charge in [-0.1, -0.05) is 23.8 Å². The van der Waals surface area contributed by atoms with Crippen LogP contribution in [0.5, 0.6) is 17.2 Å². The van der Waals surface area contributed by atoms with E-state index >= 15 is 0 Å². The molecule has 2 saturated heterocycles. The number of likely N-dealkylation sites (tertiary alicyclic amines) is 1. The zero-order chi connectivity index (χ0) is 26.2. The number of carbonyl (C=O) groups excluding carboxylic acids is 3. The number of nitrogens with zero attached hydrogens (tertiary/aromatic N) is 2. The Bertz CT molecular complexity index is 1160. The highest BCUT2D eigenvalue weighted by molar-refractivity contribution is 8.18. The lowest BCUT2D eigenvalue weighted by molar-refractivity contribution is -0.136. The highest BCUT2D eigenvalue weighted by Crippen LogP contribution is 2.35. The van der Waals surface area contributed by atoms with Gasteiger partial charge >= 0.3 is 0 Å². The lowest BCUT2D eigenvalue weighted by atomic mass is 10.1. The maximum atomic E-state index is 12.9. The van der Waals surface area contributed by atoms with Crippen LogP contribution in [0.3, 0.4) is 0 Å². The average molecular weight is 525 g/mol. The lowest BCUT2D eigenvalue weighted by Crippen LogP contribution is -2.44. The minimum absolute atomic E-state index is 0.185. The summed E-state index contributed by atoms with van der Waals surface area (Å²) in [4.78, 5) is 41.0. The fourth-order valence-electron chi connectivity index (χ4n) is 4.11. The van der Waals surface area contributed by atoms with Crippen molar-refractivity contribution >= 4 is 34.9 Å². The van der Waals surface area contributed by atoms with E-state index < -0.39 is 11.1 Å². The fraction of sp³-hybridized carbons (Fsp3) is 0.393. The van der Waals surface area contributed by atoms with Gasteiger partial charge < -0.3 is 19.1 Å². The van der Waals surface area contributed by atoms with Crippen LogP contribution in [0.2, 0.25) is 0 Å². The second-order valence-corrected chi connectivity index (χ2v) is 9.85. The van der Waals surface area contributed by atoms with Crippen LogP contribution >= 0.6 is 11.8 Å². The summed E-state index contributed by atoms with van der Waals surface area (Å²) in [5, 5.41) is -0.430. The van der Waals surface area contributed by atoms with E-state index in [1.807, 2.05) is 38.1 Å². The molecule has 37 heavy (non-hydrogen) atoms. The van der Waals surface area contributed by atoms with Crippen molar-refractivity contribution in [3.8, 4) is 17.2 Å². The first-order valence-electron chi connectivity index (χ1n) is 12.6. The maximum Gasteiger partial charge on any atom is 0.294 e. The van der Waals surface area contributed by atoms with E-state index in [0.717, 1.165) is 41.7 Å². The van der Waals surface area contributed by atoms with Crippen LogP contribution in [0.25, 0.3) is 6.08 Å². The summed E-state index contributed by atoms with van der Waals surface area (Å²) in [5.74, 6) is 1.24. The van der Waals surface area contributed by atoms with Gasteiger partial charge in [0.2, 0.25) is 5.91 Å². The molecule has 0 bridgehead atoms. The third-order valence-corrected chi connectivity index (χ3v) is 6.98. The average Bonchev–Trinajstić information content (AvgIpc) is 3.16. The van der Waals surface area contributed by atoms with Gasteiger partial charge in [0.1, 0.15) is 25.5 Å². The Balaban J connectivity index is 1.37. The predicted molar refractivity (Wildman–Crippen MR) is 143 cm³/mol. The number of rotatable bonds is 10. The number of thioether (sulfide) groups is 1. The van der Waals surface area contributed by atoms with Crippen LogP contribution in [-0.4, -0.2) is 66.3 Å². The minimum Gasteiger partial charge on any atom is -0.490 e. The van der Waals surface area contributed by atoms with E-state index in [-0.39, 0.29) is 17.4 Å². The SMILES string of the molecule is CCOc1cc(/C=C2\SC(=O)N(CC(=O)N3CCCCC3)C2=O)ccc1OCCOc1ccc(C)cc1. The summed E-state index contributed by atoms with van der Waals surface area (Å²) in [6.45, 7) is 6.18. The molecule has 0 aromatic heterocycles. The number of amides is 3. The summed E-state index contributed by atoms with van der Waals surface area (Å²) in [5.41, 5.74) is 1.86. The number of hydrogen-bond donors (Lipinski definition) is 0. The van der Waals surface area contributed by atoms with Crippen LogP contribution < -0.4 is 14.2 Å². The zero-order valence-corrected chi connectivity index (χ0v) is 22.1. The molecule has 2 heterocycles. The quantitative estimate of drug-likeness (QED) is 0.323. The molecular formula is C28H32N2O6S. The Hall–Kier alpha value is -3.46. The Kier molecular flexibility index (Phi) is 9.11. The van der Waals surface area contributed by atoms with Crippen LogP contribution in [0.1, 0.15) is 37.3 Å². The van der Waals surface area contributed by atoms with Crippen molar-refractivity contribution < 1.29 is 28.6 Å². The molecule has 9 heteroatoms. The number of imide groups is 1. The monoisotopic (exact) mass is 524 g/mol. The highest BCUT2D eigenvalue weighted by atomic mass is 32.2. The van der Waals surface area contributed by atoms with Crippen molar-refractivity contribution in [1.29, 1.82) is 0 Å². The highest BCUT2D eigenvalue weighted by Gasteiger charge is 2.37. The van der Waals surface area contributed by atoms with Gasteiger partial charge in [0.25, 0.3) is 11.1 Å². The first-order valence-corrected chi connectivity index (χ1v) is 13.4. The zero-order valence-electron chi connectivity index (χ0n) is 21.2. The number of aryl methyl sites for hydroxylation is 1. The third-order valence-electron chi connectivity index (χ3n) is 6.07. The molecule has 2 aromatic carbocycles. The van der Waals surface area contributed by atoms with Gasteiger partial charge in [0.15, 0.2) is 11.5 Å². The summed E-state index contributed by atoms with van der Waals surface area (Å²) in [7, 11) is 0. The van der Waals surface area contributed by atoms with E-state index in [9.17, 15) is 14.4 Å². The van der Waals surface area contributed by atoms with Gasteiger partial charge in [-0.3, -0.25) is 19.3 Å². The van der Waals surface area contributed by atoms with Crippen molar-refractivity contribution in [1.82, 2.24) is 9.80 Å². The number of piperidine rings is 1. The lowest BCUT2D eigenvalue weighted by Gasteiger charge is -2.27. The van der Waals surface area contributed by atoms with Crippen molar-refractivity contribution in [2.24, 2.45) is 0 Å².